The van der Waals surface area contributed by atoms with Gasteiger partial charge >= 0.3 is 0 Å². The summed E-state index contributed by atoms with van der Waals surface area (Å²) in [6, 6.07) is 9.10. The number of carbonyl (C=O) groups excluding carboxylic acids is 1. The molecule has 0 bridgehead atoms. The normalized spacial score (nSPS) is 13.4. The van der Waals surface area contributed by atoms with Crippen molar-refractivity contribution in [3.05, 3.63) is 29.8 Å². The van der Waals surface area contributed by atoms with Gasteiger partial charge < -0.3 is 11.1 Å². The maximum atomic E-state index is 11.9. The number of nitrogens with zero attached hydrogens (tertiary/aromatic N) is 1. The second kappa shape index (κ2) is 7.55. The molecule has 1 aromatic rings. The third-order valence-electron chi connectivity index (χ3n) is 3.03. The van der Waals surface area contributed by atoms with Crippen LogP contribution in [0.5, 0.6) is 0 Å². The van der Waals surface area contributed by atoms with E-state index in [-0.39, 0.29) is 17.9 Å². The van der Waals surface area contributed by atoms with E-state index in [0.29, 0.717) is 5.56 Å². The van der Waals surface area contributed by atoms with Gasteiger partial charge in [0, 0.05) is 17.6 Å². The molecule has 0 aliphatic rings. The molecule has 3 N–H and O–H groups in total. The first-order chi connectivity index (χ1) is 9.02. The second-order valence-corrected chi connectivity index (χ2v) is 4.99. The van der Waals surface area contributed by atoms with Gasteiger partial charge in [-0.05, 0) is 44.0 Å². The topological polar surface area (TPSA) is 78.9 Å². The minimum absolute atomic E-state index is 0.00869. The van der Waals surface area contributed by atoms with Gasteiger partial charge in [0.1, 0.15) is 0 Å². The molecule has 0 heterocycles. The first-order valence-corrected chi connectivity index (χ1v) is 6.59. The van der Waals surface area contributed by atoms with Crippen molar-refractivity contribution in [1.29, 1.82) is 5.26 Å². The molecular formula is C15H21N3O. The molecular weight excluding hydrogens is 238 g/mol. The van der Waals surface area contributed by atoms with Crippen molar-refractivity contribution in [3.63, 3.8) is 0 Å². The third kappa shape index (κ3) is 5.54. The van der Waals surface area contributed by atoms with E-state index < -0.39 is 0 Å². The van der Waals surface area contributed by atoms with E-state index in [0.717, 1.165) is 24.9 Å². The number of benzene rings is 1. The molecule has 0 fully saturated rings. The summed E-state index contributed by atoms with van der Waals surface area (Å²) in [5.74, 6) is -0.0243. The third-order valence-corrected chi connectivity index (χ3v) is 3.03. The Hall–Kier alpha value is -1.86. The average molecular weight is 259 g/mol. The van der Waals surface area contributed by atoms with Crippen LogP contribution in [0.1, 0.15) is 38.7 Å². The number of hydrogen-bond acceptors (Lipinski definition) is 3. The van der Waals surface area contributed by atoms with Crippen molar-refractivity contribution in [2.24, 2.45) is 11.7 Å². The van der Waals surface area contributed by atoms with Crippen LogP contribution in [0.15, 0.2) is 24.3 Å². The standard InChI is InChI=1S/C15H21N3O/c1-11(4-3-5-12(2)17)15(19)18-14-8-6-13(10-16)7-9-14/h6-9,11-12H,3-5,17H2,1-2H3,(H,18,19). The zero-order valence-electron chi connectivity index (χ0n) is 11.5. The largest absolute Gasteiger partial charge is 0.328 e. The molecule has 0 saturated carbocycles. The molecule has 0 radical (unpaired) electrons. The Labute approximate surface area is 114 Å². The van der Waals surface area contributed by atoms with Crippen LogP contribution in [0, 0.1) is 17.2 Å². The molecule has 1 rings (SSSR count). The van der Waals surface area contributed by atoms with Crippen LogP contribution in [-0.2, 0) is 4.79 Å². The number of carbonyl (C=O) groups is 1. The number of nitriles is 1. The fourth-order valence-electron chi connectivity index (χ4n) is 1.77. The van der Waals surface area contributed by atoms with Gasteiger partial charge in [0.15, 0.2) is 0 Å². The Bertz CT molecular complexity index is 445. The van der Waals surface area contributed by atoms with E-state index in [9.17, 15) is 4.79 Å². The van der Waals surface area contributed by atoms with Gasteiger partial charge in [0.05, 0.1) is 11.6 Å². The van der Waals surface area contributed by atoms with Crippen LogP contribution in [0.4, 0.5) is 5.69 Å². The Kier molecular flexibility index (Phi) is 6.04. The Morgan fingerprint density at radius 1 is 1.32 bits per heavy atom. The average Bonchev–Trinajstić information content (AvgIpc) is 2.39. The first kappa shape index (κ1) is 15.2. The molecule has 0 spiro atoms. The van der Waals surface area contributed by atoms with Crippen molar-refractivity contribution in [3.8, 4) is 6.07 Å². The summed E-state index contributed by atoms with van der Waals surface area (Å²) in [6.45, 7) is 3.89. The fraction of sp³-hybridized carbons (Fsp3) is 0.467. The molecule has 1 amide bonds. The lowest BCUT2D eigenvalue weighted by atomic mass is 10.0. The van der Waals surface area contributed by atoms with Crippen molar-refractivity contribution in [2.45, 2.75) is 39.2 Å². The minimum Gasteiger partial charge on any atom is -0.328 e. The molecule has 0 aliphatic heterocycles. The predicted molar refractivity (Wildman–Crippen MR) is 76.5 cm³/mol. The van der Waals surface area contributed by atoms with E-state index in [1.807, 2.05) is 19.9 Å². The van der Waals surface area contributed by atoms with Crippen molar-refractivity contribution < 1.29 is 4.79 Å². The minimum atomic E-state index is -0.0330. The van der Waals surface area contributed by atoms with E-state index in [1.54, 1.807) is 24.3 Å². The summed E-state index contributed by atoms with van der Waals surface area (Å²) in [5.41, 5.74) is 6.99. The summed E-state index contributed by atoms with van der Waals surface area (Å²) >= 11 is 0. The Morgan fingerprint density at radius 3 is 2.47 bits per heavy atom. The molecule has 2 unspecified atom stereocenters. The summed E-state index contributed by atoms with van der Waals surface area (Å²) in [7, 11) is 0. The van der Waals surface area contributed by atoms with Gasteiger partial charge in [0.25, 0.3) is 0 Å². The van der Waals surface area contributed by atoms with E-state index in [2.05, 4.69) is 5.32 Å². The molecule has 4 nitrogen and oxygen atoms in total. The molecule has 102 valence electrons. The lowest BCUT2D eigenvalue weighted by Crippen LogP contribution is -2.21. The molecule has 4 heteroatoms. The number of rotatable bonds is 6. The highest BCUT2D eigenvalue weighted by molar-refractivity contribution is 5.92. The number of nitrogens with one attached hydrogen (secondary N) is 1. The molecule has 19 heavy (non-hydrogen) atoms. The first-order valence-electron chi connectivity index (χ1n) is 6.59. The van der Waals surface area contributed by atoms with E-state index >= 15 is 0 Å². The molecule has 0 aromatic heterocycles. The summed E-state index contributed by atoms with van der Waals surface area (Å²) in [4.78, 5) is 11.9. The zero-order chi connectivity index (χ0) is 14.3. The van der Waals surface area contributed by atoms with E-state index in [4.69, 9.17) is 11.0 Å². The van der Waals surface area contributed by atoms with Gasteiger partial charge in [-0.25, -0.2) is 0 Å². The van der Waals surface area contributed by atoms with Gasteiger partial charge in [-0.15, -0.1) is 0 Å². The highest BCUT2D eigenvalue weighted by Crippen LogP contribution is 2.14. The quantitative estimate of drug-likeness (QED) is 0.824. The van der Waals surface area contributed by atoms with Crippen molar-refractivity contribution in [1.82, 2.24) is 0 Å². The number of nitrogens with two attached hydrogens (primary N) is 1. The van der Waals surface area contributed by atoms with Crippen LogP contribution >= 0.6 is 0 Å². The predicted octanol–water partition coefficient (Wildman–Crippen LogP) is 2.65. The zero-order valence-corrected chi connectivity index (χ0v) is 11.5. The number of amides is 1. The maximum Gasteiger partial charge on any atom is 0.227 e. The number of hydrogen-bond donors (Lipinski definition) is 2. The molecule has 2 atom stereocenters. The van der Waals surface area contributed by atoms with Gasteiger partial charge in [-0.2, -0.15) is 5.26 Å². The highest BCUT2D eigenvalue weighted by atomic mass is 16.1. The van der Waals surface area contributed by atoms with Crippen LogP contribution in [0.25, 0.3) is 0 Å². The SMILES string of the molecule is CC(N)CCCC(C)C(=O)Nc1ccc(C#N)cc1. The fourth-order valence-corrected chi connectivity index (χ4v) is 1.77. The van der Waals surface area contributed by atoms with Gasteiger partial charge in [0.2, 0.25) is 5.91 Å². The van der Waals surface area contributed by atoms with Crippen LogP contribution in [-0.4, -0.2) is 11.9 Å². The lowest BCUT2D eigenvalue weighted by Gasteiger charge is -2.13. The van der Waals surface area contributed by atoms with Crippen molar-refractivity contribution in [2.75, 3.05) is 5.32 Å². The molecule has 0 saturated heterocycles. The maximum absolute atomic E-state index is 11.9. The van der Waals surface area contributed by atoms with Crippen LogP contribution < -0.4 is 11.1 Å². The monoisotopic (exact) mass is 259 g/mol. The second-order valence-electron chi connectivity index (χ2n) is 4.99. The Balaban J connectivity index is 2.42. The molecule has 0 aliphatic carbocycles. The molecule has 1 aromatic carbocycles. The van der Waals surface area contributed by atoms with Crippen LogP contribution in [0.3, 0.4) is 0 Å². The summed E-state index contributed by atoms with van der Waals surface area (Å²) in [5, 5.41) is 11.5. The highest BCUT2D eigenvalue weighted by Gasteiger charge is 2.12. The Morgan fingerprint density at radius 2 is 1.95 bits per heavy atom. The van der Waals surface area contributed by atoms with Gasteiger partial charge in [-0.1, -0.05) is 13.3 Å². The lowest BCUT2D eigenvalue weighted by molar-refractivity contribution is -0.119. The summed E-state index contributed by atoms with van der Waals surface area (Å²) < 4.78 is 0. The van der Waals surface area contributed by atoms with Crippen LogP contribution in [0.2, 0.25) is 0 Å². The smallest absolute Gasteiger partial charge is 0.227 e. The van der Waals surface area contributed by atoms with Crippen molar-refractivity contribution >= 4 is 11.6 Å². The summed E-state index contributed by atoms with van der Waals surface area (Å²) in [6.07, 6.45) is 2.73. The van der Waals surface area contributed by atoms with Gasteiger partial charge in [-0.3, -0.25) is 4.79 Å². The number of anilines is 1. The van der Waals surface area contributed by atoms with E-state index in [1.165, 1.54) is 0 Å².